The Morgan fingerprint density at radius 2 is 1.94 bits per heavy atom. The Morgan fingerprint density at radius 1 is 1.25 bits per heavy atom. The molecule has 0 aromatic carbocycles. The Labute approximate surface area is 96.5 Å². The van der Waals surface area contributed by atoms with Crippen LogP contribution in [0.2, 0.25) is 0 Å². The number of carbonyl (C=O) groups is 1. The van der Waals surface area contributed by atoms with Crippen molar-refractivity contribution in [1.29, 1.82) is 0 Å². The molecule has 0 aromatic heterocycles. The zero-order chi connectivity index (χ0) is 12.4. The quantitative estimate of drug-likeness (QED) is 0.234. The lowest BCUT2D eigenvalue weighted by Gasteiger charge is -2.04. The first-order chi connectivity index (χ1) is 7.69. The molecule has 0 amide bonds. The summed E-state index contributed by atoms with van der Waals surface area (Å²) < 4.78 is 5.13. The molecule has 0 unspecified atom stereocenters. The molecule has 0 saturated carbocycles. The van der Waals surface area contributed by atoms with Gasteiger partial charge in [0.05, 0.1) is 5.57 Å². The molecule has 0 N–H and O–H groups in total. The molecule has 0 aliphatic carbocycles. The van der Waals surface area contributed by atoms with Gasteiger partial charge in [-0.3, -0.25) is 4.99 Å². The zero-order valence-electron chi connectivity index (χ0n) is 9.93. The van der Waals surface area contributed by atoms with E-state index in [1.807, 2.05) is 6.92 Å². The topological polar surface area (TPSA) is 38.7 Å². The van der Waals surface area contributed by atoms with Crippen molar-refractivity contribution in [2.24, 2.45) is 4.99 Å². The standard InChI is InChI=1S/C13H17NO2/c1-5-9-12(7-3)16-13(15)11(6-2)10-14-8-4/h5-10H,4H2,1-3H3/b9-5-,11-6+,12-7+,14-10?. The van der Waals surface area contributed by atoms with Gasteiger partial charge in [0.2, 0.25) is 0 Å². The second-order valence-corrected chi connectivity index (χ2v) is 2.79. The molecule has 86 valence electrons. The fraction of sp³-hybridized carbons (Fsp3) is 0.231. The number of hydrogen-bond acceptors (Lipinski definition) is 3. The number of allylic oxidation sites excluding steroid dienone is 4. The molecule has 16 heavy (non-hydrogen) atoms. The number of nitrogens with zero attached hydrogens (tertiary/aromatic N) is 1. The van der Waals surface area contributed by atoms with Crippen LogP contribution in [0.25, 0.3) is 0 Å². The molecule has 0 bridgehead atoms. The van der Waals surface area contributed by atoms with E-state index in [1.54, 1.807) is 38.2 Å². The van der Waals surface area contributed by atoms with E-state index in [-0.39, 0.29) is 0 Å². The van der Waals surface area contributed by atoms with Crippen molar-refractivity contribution < 1.29 is 9.53 Å². The molecule has 0 spiro atoms. The van der Waals surface area contributed by atoms with Gasteiger partial charge in [0.1, 0.15) is 5.76 Å². The fourth-order valence-electron chi connectivity index (χ4n) is 0.897. The Bertz CT molecular complexity index is 360. The summed E-state index contributed by atoms with van der Waals surface area (Å²) in [5, 5.41) is 0. The van der Waals surface area contributed by atoms with Gasteiger partial charge in [-0.25, -0.2) is 4.79 Å². The Balaban J connectivity index is 4.67. The van der Waals surface area contributed by atoms with Crippen LogP contribution >= 0.6 is 0 Å². The van der Waals surface area contributed by atoms with E-state index in [9.17, 15) is 4.79 Å². The summed E-state index contributed by atoms with van der Waals surface area (Å²) in [4.78, 5) is 15.4. The minimum absolute atomic E-state index is 0.392. The lowest BCUT2D eigenvalue weighted by Crippen LogP contribution is -2.07. The van der Waals surface area contributed by atoms with Crippen molar-refractivity contribution >= 4 is 12.2 Å². The third-order valence-corrected chi connectivity index (χ3v) is 1.69. The Morgan fingerprint density at radius 3 is 2.38 bits per heavy atom. The van der Waals surface area contributed by atoms with Gasteiger partial charge in [-0.1, -0.05) is 18.7 Å². The summed E-state index contributed by atoms with van der Waals surface area (Å²) in [6, 6.07) is 0. The minimum atomic E-state index is -0.431. The van der Waals surface area contributed by atoms with Gasteiger partial charge < -0.3 is 4.74 Å². The first-order valence-corrected chi connectivity index (χ1v) is 5.01. The smallest absolute Gasteiger partial charge is 0.344 e. The van der Waals surface area contributed by atoms with E-state index >= 15 is 0 Å². The van der Waals surface area contributed by atoms with Crippen LogP contribution in [0.15, 0.2) is 53.4 Å². The van der Waals surface area contributed by atoms with Crippen LogP contribution in [0, 0.1) is 0 Å². The van der Waals surface area contributed by atoms with E-state index in [0.29, 0.717) is 11.3 Å². The van der Waals surface area contributed by atoms with Crippen molar-refractivity contribution in [3.63, 3.8) is 0 Å². The van der Waals surface area contributed by atoms with Crippen LogP contribution in [0.3, 0.4) is 0 Å². The highest BCUT2D eigenvalue weighted by atomic mass is 16.5. The largest absolute Gasteiger partial charge is 0.423 e. The summed E-state index contributed by atoms with van der Waals surface area (Å²) in [5.74, 6) is 0.0816. The van der Waals surface area contributed by atoms with Crippen molar-refractivity contribution in [3.8, 4) is 0 Å². The molecule has 0 radical (unpaired) electrons. The number of ether oxygens (including phenoxy) is 1. The van der Waals surface area contributed by atoms with E-state index in [0.717, 1.165) is 0 Å². The molecule has 0 atom stereocenters. The third kappa shape index (κ3) is 5.10. The third-order valence-electron chi connectivity index (χ3n) is 1.69. The predicted molar refractivity (Wildman–Crippen MR) is 67.1 cm³/mol. The first kappa shape index (κ1) is 14.1. The van der Waals surface area contributed by atoms with Gasteiger partial charge in [-0.05, 0) is 32.9 Å². The number of aliphatic imine (C=N–C) groups is 1. The van der Waals surface area contributed by atoms with Crippen molar-refractivity contribution in [1.82, 2.24) is 0 Å². The SMILES string of the molecule is C=CN=C/C(=C\C)C(=O)OC(/C=C\C)=C/C. The van der Waals surface area contributed by atoms with Crippen LogP contribution in [0.4, 0.5) is 0 Å². The van der Waals surface area contributed by atoms with Crippen LogP contribution in [0.1, 0.15) is 20.8 Å². The van der Waals surface area contributed by atoms with Gasteiger partial charge in [0.15, 0.2) is 0 Å². The van der Waals surface area contributed by atoms with E-state index in [2.05, 4.69) is 11.6 Å². The fourth-order valence-corrected chi connectivity index (χ4v) is 0.897. The predicted octanol–water partition coefficient (Wildman–Crippen LogP) is 3.17. The molecule has 0 aromatic rings. The molecular weight excluding hydrogens is 202 g/mol. The molecule has 3 heteroatoms. The van der Waals surface area contributed by atoms with Gasteiger partial charge in [0.25, 0.3) is 0 Å². The average molecular weight is 219 g/mol. The lowest BCUT2D eigenvalue weighted by atomic mass is 10.3. The van der Waals surface area contributed by atoms with Crippen LogP contribution in [-0.4, -0.2) is 12.2 Å². The number of esters is 1. The van der Waals surface area contributed by atoms with Gasteiger partial charge in [0, 0.05) is 12.4 Å². The van der Waals surface area contributed by atoms with E-state index in [4.69, 9.17) is 4.74 Å². The molecule has 0 heterocycles. The number of carbonyl (C=O) groups excluding carboxylic acids is 1. The number of rotatable bonds is 5. The van der Waals surface area contributed by atoms with E-state index in [1.165, 1.54) is 12.4 Å². The molecule has 0 aliphatic heterocycles. The summed E-state index contributed by atoms with van der Waals surface area (Å²) >= 11 is 0. The lowest BCUT2D eigenvalue weighted by molar-refractivity contribution is -0.133. The van der Waals surface area contributed by atoms with Gasteiger partial charge >= 0.3 is 5.97 Å². The monoisotopic (exact) mass is 219 g/mol. The summed E-state index contributed by atoms with van der Waals surface area (Å²) in [6.07, 6.45) is 9.65. The maximum atomic E-state index is 11.6. The van der Waals surface area contributed by atoms with Crippen LogP contribution < -0.4 is 0 Å². The highest BCUT2D eigenvalue weighted by Crippen LogP contribution is 2.05. The minimum Gasteiger partial charge on any atom is -0.423 e. The highest BCUT2D eigenvalue weighted by molar-refractivity contribution is 6.09. The van der Waals surface area contributed by atoms with Crippen molar-refractivity contribution in [2.45, 2.75) is 20.8 Å². The van der Waals surface area contributed by atoms with Crippen LogP contribution in [0.5, 0.6) is 0 Å². The molecule has 0 aliphatic rings. The van der Waals surface area contributed by atoms with Crippen LogP contribution in [-0.2, 0) is 9.53 Å². The van der Waals surface area contributed by atoms with Crippen molar-refractivity contribution in [3.05, 3.63) is 48.4 Å². The summed E-state index contributed by atoms with van der Waals surface area (Å²) in [6.45, 7) is 8.84. The van der Waals surface area contributed by atoms with Gasteiger partial charge in [-0.15, -0.1) is 0 Å². The maximum absolute atomic E-state index is 11.6. The Hall–Kier alpha value is -1.90. The zero-order valence-corrected chi connectivity index (χ0v) is 9.93. The summed E-state index contributed by atoms with van der Waals surface area (Å²) in [7, 11) is 0. The highest BCUT2D eigenvalue weighted by Gasteiger charge is 2.08. The van der Waals surface area contributed by atoms with E-state index < -0.39 is 5.97 Å². The second kappa shape index (κ2) is 8.41. The van der Waals surface area contributed by atoms with Gasteiger partial charge in [-0.2, -0.15) is 0 Å². The molecular formula is C13H17NO2. The molecule has 0 rings (SSSR count). The molecule has 0 fully saturated rings. The average Bonchev–Trinajstić information content (AvgIpc) is 2.29. The second-order valence-electron chi connectivity index (χ2n) is 2.79. The normalized spacial score (nSPS) is 13.4. The van der Waals surface area contributed by atoms with Crippen molar-refractivity contribution in [2.75, 3.05) is 0 Å². The Kier molecular flexibility index (Phi) is 7.41. The number of hydrogen-bond donors (Lipinski definition) is 0. The molecule has 3 nitrogen and oxygen atoms in total. The maximum Gasteiger partial charge on any atom is 0.344 e. The summed E-state index contributed by atoms with van der Waals surface area (Å²) in [5.41, 5.74) is 0.392. The first-order valence-electron chi connectivity index (χ1n) is 5.01. The molecule has 0 saturated heterocycles.